The molecule has 0 aliphatic rings. The lowest BCUT2D eigenvalue weighted by Crippen LogP contribution is -1.94. The monoisotopic (exact) mass is 270 g/mol. The predicted octanol–water partition coefficient (Wildman–Crippen LogP) is 3.19. The van der Waals surface area contributed by atoms with Crippen molar-refractivity contribution in [2.75, 3.05) is 0 Å². The van der Waals surface area contributed by atoms with Crippen molar-refractivity contribution < 1.29 is 0 Å². The Kier molecular flexibility index (Phi) is 2.83. The van der Waals surface area contributed by atoms with Gasteiger partial charge in [0.15, 0.2) is 5.65 Å². The normalized spacial score (nSPS) is 11.0. The molecule has 0 aliphatic carbocycles. The molecule has 3 heterocycles. The summed E-state index contributed by atoms with van der Waals surface area (Å²) in [6.07, 6.45) is 7.89. The van der Waals surface area contributed by atoms with Gasteiger partial charge in [0.1, 0.15) is 5.01 Å². The number of aryl methyl sites for hydroxylation is 1. The van der Waals surface area contributed by atoms with Crippen molar-refractivity contribution in [1.82, 2.24) is 14.5 Å². The maximum Gasteiger partial charge on any atom is 0.152 e. The molecule has 0 bridgehead atoms. The van der Waals surface area contributed by atoms with E-state index >= 15 is 0 Å². The molecule has 3 aromatic heterocycles. The van der Waals surface area contributed by atoms with Crippen LogP contribution in [-0.4, -0.2) is 20.7 Å². The van der Waals surface area contributed by atoms with Crippen molar-refractivity contribution in [2.45, 2.75) is 6.42 Å². The van der Waals surface area contributed by atoms with Gasteiger partial charge in [0.2, 0.25) is 0 Å². The highest BCUT2D eigenvalue weighted by molar-refractivity contribution is 7.19. The first kappa shape index (κ1) is 11.9. The van der Waals surface area contributed by atoms with E-state index in [0.717, 1.165) is 33.0 Å². The number of thiazole rings is 1. The van der Waals surface area contributed by atoms with E-state index in [1.807, 2.05) is 24.0 Å². The maximum atomic E-state index is 7.58. The lowest BCUT2D eigenvalue weighted by atomic mass is 10.2. The Balaban J connectivity index is 2.11. The van der Waals surface area contributed by atoms with Crippen molar-refractivity contribution in [2.24, 2.45) is 7.05 Å². The van der Waals surface area contributed by atoms with Gasteiger partial charge in [0, 0.05) is 37.6 Å². The van der Waals surface area contributed by atoms with Gasteiger partial charge in [0.25, 0.3) is 0 Å². The molecule has 3 rings (SSSR count). The average molecular weight is 270 g/mol. The third-order valence-electron chi connectivity index (χ3n) is 3.21. The van der Waals surface area contributed by atoms with E-state index in [0.29, 0.717) is 0 Å². The van der Waals surface area contributed by atoms with Crippen LogP contribution in [0.1, 0.15) is 21.8 Å². The van der Waals surface area contributed by atoms with Gasteiger partial charge in [-0.1, -0.05) is 6.58 Å². The second kappa shape index (κ2) is 4.51. The van der Waals surface area contributed by atoms with E-state index in [1.54, 1.807) is 17.4 Å². The van der Waals surface area contributed by atoms with E-state index in [-0.39, 0.29) is 0 Å². The van der Waals surface area contributed by atoms with Crippen LogP contribution in [0.25, 0.3) is 16.4 Å². The third-order valence-corrected chi connectivity index (χ3v) is 4.29. The fourth-order valence-electron chi connectivity index (χ4n) is 2.27. The number of hydrogen-bond acceptors (Lipinski definition) is 3. The van der Waals surface area contributed by atoms with E-state index < -0.39 is 0 Å². The summed E-state index contributed by atoms with van der Waals surface area (Å²) < 4.78 is 3.07. The number of H-pyrrole nitrogens is 1. The van der Waals surface area contributed by atoms with Crippen molar-refractivity contribution in [1.29, 1.82) is 5.41 Å². The number of aromatic nitrogens is 3. The van der Waals surface area contributed by atoms with Gasteiger partial charge in [-0.25, -0.2) is 4.98 Å². The Morgan fingerprint density at radius 1 is 1.58 bits per heavy atom. The largest absolute Gasteiger partial charge is 0.367 e. The molecule has 0 aliphatic heterocycles. The number of aromatic amines is 1. The van der Waals surface area contributed by atoms with Crippen LogP contribution in [-0.2, 0) is 13.5 Å². The molecule has 0 fully saturated rings. The van der Waals surface area contributed by atoms with Crippen molar-refractivity contribution in [3.63, 3.8) is 0 Å². The zero-order valence-electron chi connectivity index (χ0n) is 10.6. The minimum atomic E-state index is 0.823. The highest BCUT2D eigenvalue weighted by Gasteiger charge is 2.16. The number of hydrogen-bond donors (Lipinski definition) is 2. The highest BCUT2D eigenvalue weighted by Crippen LogP contribution is 2.31. The zero-order chi connectivity index (χ0) is 13.4. The van der Waals surface area contributed by atoms with Crippen LogP contribution in [0, 0.1) is 5.41 Å². The second-order valence-corrected chi connectivity index (χ2v) is 5.45. The lowest BCUT2D eigenvalue weighted by molar-refractivity contribution is 0.930. The smallest absolute Gasteiger partial charge is 0.152 e. The molecule has 0 saturated heterocycles. The molecule has 2 N–H and O–H groups in total. The Labute approximate surface area is 114 Å². The Morgan fingerprint density at radius 2 is 2.42 bits per heavy atom. The molecule has 5 heteroatoms. The Bertz CT molecular complexity index is 746. The van der Waals surface area contributed by atoms with Crippen LogP contribution >= 0.6 is 11.3 Å². The number of rotatable bonds is 4. The van der Waals surface area contributed by atoms with Gasteiger partial charge < -0.3 is 15.0 Å². The molecule has 0 unspecified atom stereocenters. The highest BCUT2D eigenvalue weighted by atomic mass is 32.1. The summed E-state index contributed by atoms with van der Waals surface area (Å²) in [6.45, 7) is 3.81. The molecule has 0 spiro atoms. The molecule has 0 atom stereocenters. The van der Waals surface area contributed by atoms with Crippen LogP contribution in [0.4, 0.5) is 0 Å². The molecule has 0 amide bonds. The topological polar surface area (TPSA) is 57.5 Å². The first-order valence-electron chi connectivity index (χ1n) is 5.97. The first-order valence-corrected chi connectivity index (χ1v) is 6.79. The Morgan fingerprint density at radius 3 is 3.05 bits per heavy atom. The average Bonchev–Trinajstić information content (AvgIpc) is 3.08. The van der Waals surface area contributed by atoms with Gasteiger partial charge in [-0.15, -0.1) is 11.3 Å². The fraction of sp³-hybridized carbons (Fsp3) is 0.143. The molecule has 3 aromatic rings. The molecule has 4 nitrogen and oxygen atoms in total. The maximum absolute atomic E-state index is 7.58. The molecular formula is C14H14N4S. The summed E-state index contributed by atoms with van der Waals surface area (Å²) in [4.78, 5) is 7.73. The molecule has 0 radical (unpaired) electrons. The standard InChI is InChI=1S/C14H14N4S/c1-3-11-10(7-15)13-14(18(11)2)17-12(19-13)6-9-4-5-16-8-9/h3-5,7-8,15-16H,1,6H2,2H3. The fourth-order valence-corrected chi connectivity index (χ4v) is 3.43. The van der Waals surface area contributed by atoms with Crippen molar-refractivity contribution in [3.05, 3.63) is 46.9 Å². The number of fused-ring (bicyclic) bond motifs is 1. The lowest BCUT2D eigenvalue weighted by Gasteiger charge is -1.98. The summed E-state index contributed by atoms with van der Waals surface area (Å²) in [6, 6.07) is 2.05. The van der Waals surface area contributed by atoms with Gasteiger partial charge in [-0.3, -0.25) is 0 Å². The molecular weight excluding hydrogens is 256 g/mol. The number of nitrogens with zero attached hydrogens (tertiary/aromatic N) is 2. The summed E-state index contributed by atoms with van der Waals surface area (Å²) >= 11 is 1.65. The van der Waals surface area contributed by atoms with E-state index in [1.165, 1.54) is 11.8 Å². The van der Waals surface area contributed by atoms with Gasteiger partial charge >= 0.3 is 0 Å². The van der Waals surface area contributed by atoms with Crippen LogP contribution < -0.4 is 0 Å². The summed E-state index contributed by atoms with van der Waals surface area (Å²) in [5.74, 6) is 0. The Hall–Kier alpha value is -2.14. The molecule has 96 valence electrons. The SMILES string of the molecule is C=Cc1c(C=N)c2sc(Cc3cc[nH]c3)nc2n1C. The summed E-state index contributed by atoms with van der Waals surface area (Å²) in [5, 5.41) is 8.65. The summed E-state index contributed by atoms with van der Waals surface area (Å²) in [7, 11) is 1.96. The van der Waals surface area contributed by atoms with E-state index in [2.05, 4.69) is 22.6 Å². The molecule has 0 aromatic carbocycles. The number of nitrogens with one attached hydrogen (secondary N) is 2. The van der Waals surface area contributed by atoms with E-state index in [4.69, 9.17) is 5.41 Å². The van der Waals surface area contributed by atoms with Gasteiger partial charge in [-0.2, -0.15) is 0 Å². The van der Waals surface area contributed by atoms with Crippen molar-refractivity contribution in [3.8, 4) is 0 Å². The van der Waals surface area contributed by atoms with Gasteiger partial charge in [0.05, 0.1) is 10.4 Å². The second-order valence-electron chi connectivity index (χ2n) is 4.36. The van der Waals surface area contributed by atoms with Crippen LogP contribution in [0.3, 0.4) is 0 Å². The van der Waals surface area contributed by atoms with Crippen LogP contribution in [0.5, 0.6) is 0 Å². The predicted molar refractivity (Wildman–Crippen MR) is 80.2 cm³/mol. The molecule has 19 heavy (non-hydrogen) atoms. The van der Waals surface area contributed by atoms with Crippen molar-refractivity contribution >= 4 is 34.0 Å². The minimum Gasteiger partial charge on any atom is -0.367 e. The first-order chi connectivity index (χ1) is 9.24. The molecule has 0 saturated carbocycles. The zero-order valence-corrected chi connectivity index (χ0v) is 11.4. The van der Waals surface area contributed by atoms with E-state index in [9.17, 15) is 0 Å². The quantitative estimate of drug-likeness (QED) is 0.703. The van der Waals surface area contributed by atoms with Crippen LogP contribution in [0.2, 0.25) is 0 Å². The minimum absolute atomic E-state index is 0.823. The van der Waals surface area contributed by atoms with Crippen LogP contribution in [0.15, 0.2) is 25.0 Å². The summed E-state index contributed by atoms with van der Waals surface area (Å²) in [5.41, 5.74) is 4.02. The third kappa shape index (κ3) is 1.82. The van der Waals surface area contributed by atoms with Gasteiger partial charge in [-0.05, 0) is 17.7 Å².